The van der Waals surface area contributed by atoms with Crippen molar-refractivity contribution in [1.82, 2.24) is 4.72 Å². The van der Waals surface area contributed by atoms with Gasteiger partial charge in [0.25, 0.3) is 5.91 Å². The minimum atomic E-state index is -0.588. The molecular weight excluding hydrogens is 307 g/mol. The second kappa shape index (κ2) is 5.76. The van der Waals surface area contributed by atoms with Crippen LogP contribution in [0.2, 0.25) is 0 Å². The van der Waals surface area contributed by atoms with E-state index in [1.807, 2.05) is 0 Å². The van der Waals surface area contributed by atoms with Gasteiger partial charge in [0.1, 0.15) is 23.7 Å². The smallest absolute Gasteiger partial charge is 0.251 e. The molecule has 0 unspecified atom stereocenters. The van der Waals surface area contributed by atoms with Crippen molar-refractivity contribution in [3.05, 3.63) is 42.2 Å². The van der Waals surface area contributed by atoms with E-state index in [4.69, 9.17) is 4.74 Å². The lowest BCUT2D eigenvalue weighted by Crippen LogP contribution is -2.16. The maximum absolute atomic E-state index is 14.3. The van der Waals surface area contributed by atoms with Crippen LogP contribution in [0.15, 0.2) is 36.4 Å². The molecule has 1 amide bonds. The number of rotatable bonds is 3. The van der Waals surface area contributed by atoms with E-state index >= 15 is 0 Å². The third-order valence-electron chi connectivity index (χ3n) is 3.27. The maximum Gasteiger partial charge on any atom is 0.251 e. The summed E-state index contributed by atoms with van der Waals surface area (Å²) in [6, 6.07) is 9.89. The summed E-state index contributed by atoms with van der Waals surface area (Å²) in [6.45, 7) is -0.00295. The minimum absolute atomic E-state index is 0.000566. The highest BCUT2D eigenvalue weighted by Gasteiger charge is 2.26. The Morgan fingerprint density at radius 1 is 1.27 bits per heavy atom. The van der Waals surface area contributed by atoms with Crippen molar-refractivity contribution in [2.24, 2.45) is 0 Å². The molecule has 0 spiro atoms. The number of carbonyl (C=O) groups excluding carboxylic acids is 1. The third-order valence-corrected chi connectivity index (χ3v) is 4.12. The number of methoxy groups -OCH3 is 1. The van der Waals surface area contributed by atoms with Gasteiger partial charge in [-0.3, -0.25) is 13.8 Å². The lowest BCUT2D eigenvalue weighted by molar-refractivity contribution is -0.117. The molecule has 0 saturated carbocycles. The Bertz CT molecular complexity index is 698. The van der Waals surface area contributed by atoms with E-state index in [9.17, 15) is 14.3 Å². The van der Waals surface area contributed by atoms with Crippen LogP contribution in [0.1, 0.15) is 0 Å². The molecule has 7 heteroatoms. The van der Waals surface area contributed by atoms with Gasteiger partial charge >= 0.3 is 0 Å². The zero-order chi connectivity index (χ0) is 15.7. The molecule has 1 fully saturated rings. The highest BCUT2D eigenvalue weighted by molar-refractivity contribution is 7.99. The van der Waals surface area contributed by atoms with E-state index in [0.717, 1.165) is 17.7 Å². The van der Waals surface area contributed by atoms with Gasteiger partial charge in [-0.25, -0.2) is 4.39 Å². The van der Waals surface area contributed by atoms with Crippen LogP contribution in [-0.4, -0.2) is 24.7 Å². The zero-order valence-electron chi connectivity index (χ0n) is 11.7. The Morgan fingerprint density at radius 3 is 2.55 bits per heavy atom. The number of amides is 1. The van der Waals surface area contributed by atoms with Gasteiger partial charge in [-0.1, -0.05) is 12.1 Å². The number of carbonyl (C=O) groups is 1. The summed E-state index contributed by atoms with van der Waals surface area (Å²) in [7, 11) is 1.57. The Kier molecular flexibility index (Phi) is 3.81. The van der Waals surface area contributed by atoms with E-state index in [0.29, 0.717) is 11.3 Å². The molecule has 3 rings (SSSR count). The minimum Gasteiger partial charge on any atom is -0.506 e. The molecule has 0 bridgehead atoms. The standard InChI is InChI=1S/C15H13FN2O3S/c1-21-11-4-2-9(3-5-11)10-6-12(16)15(13(19)7-10)18-8-14(20)17-22-18/h2-7,19H,8H2,1H3,(H,17,20). The van der Waals surface area contributed by atoms with Crippen molar-refractivity contribution in [3.8, 4) is 22.6 Å². The van der Waals surface area contributed by atoms with Crippen LogP contribution in [0.25, 0.3) is 11.1 Å². The molecule has 0 aliphatic carbocycles. The summed E-state index contributed by atoms with van der Waals surface area (Å²) >= 11 is 0.956. The molecule has 0 aromatic heterocycles. The highest BCUT2D eigenvalue weighted by Crippen LogP contribution is 2.38. The summed E-state index contributed by atoms with van der Waals surface area (Å²) in [6.07, 6.45) is 0. The van der Waals surface area contributed by atoms with E-state index in [2.05, 4.69) is 4.72 Å². The molecule has 2 aromatic carbocycles. The molecule has 114 valence electrons. The number of phenols is 1. The van der Waals surface area contributed by atoms with Crippen LogP contribution in [-0.2, 0) is 4.79 Å². The molecule has 1 aliphatic heterocycles. The van der Waals surface area contributed by atoms with Crippen LogP contribution in [0, 0.1) is 5.82 Å². The Labute approximate surface area is 131 Å². The van der Waals surface area contributed by atoms with Crippen molar-refractivity contribution in [3.63, 3.8) is 0 Å². The monoisotopic (exact) mass is 320 g/mol. The van der Waals surface area contributed by atoms with E-state index in [1.165, 1.54) is 16.4 Å². The van der Waals surface area contributed by atoms with Gasteiger partial charge < -0.3 is 9.84 Å². The number of benzene rings is 2. The number of phenolic OH excluding ortho intramolecular Hbond substituents is 1. The summed E-state index contributed by atoms with van der Waals surface area (Å²) < 4.78 is 23.3. The van der Waals surface area contributed by atoms with Crippen molar-refractivity contribution in [1.29, 1.82) is 0 Å². The van der Waals surface area contributed by atoms with E-state index in [-0.39, 0.29) is 23.9 Å². The van der Waals surface area contributed by atoms with Crippen LogP contribution in [0.4, 0.5) is 10.1 Å². The molecule has 2 aromatic rings. The van der Waals surface area contributed by atoms with Gasteiger partial charge in [0, 0.05) is 0 Å². The molecule has 1 aliphatic rings. The molecule has 0 radical (unpaired) electrons. The van der Waals surface area contributed by atoms with Crippen molar-refractivity contribution >= 4 is 23.7 Å². The van der Waals surface area contributed by atoms with E-state index in [1.54, 1.807) is 31.4 Å². The summed E-state index contributed by atoms with van der Waals surface area (Å²) in [5.41, 5.74) is 1.30. The van der Waals surface area contributed by atoms with Crippen molar-refractivity contribution in [2.45, 2.75) is 0 Å². The second-order valence-electron chi connectivity index (χ2n) is 4.71. The maximum atomic E-state index is 14.3. The number of hydrogen-bond acceptors (Lipinski definition) is 5. The molecular formula is C15H13FN2O3S. The molecule has 22 heavy (non-hydrogen) atoms. The number of nitrogens with one attached hydrogen (secondary N) is 1. The second-order valence-corrected chi connectivity index (χ2v) is 5.53. The van der Waals surface area contributed by atoms with Gasteiger partial charge in [0.2, 0.25) is 0 Å². The highest BCUT2D eigenvalue weighted by atomic mass is 32.2. The third kappa shape index (κ3) is 2.67. The molecule has 5 nitrogen and oxygen atoms in total. The van der Waals surface area contributed by atoms with E-state index < -0.39 is 5.82 Å². The molecule has 1 saturated heterocycles. The summed E-state index contributed by atoms with van der Waals surface area (Å²) in [5.74, 6) is -0.337. The predicted molar refractivity (Wildman–Crippen MR) is 83.1 cm³/mol. The fourth-order valence-corrected chi connectivity index (χ4v) is 2.94. The lowest BCUT2D eigenvalue weighted by Gasteiger charge is -2.17. The Balaban J connectivity index is 1.96. The Hall–Kier alpha value is -2.41. The molecule has 0 atom stereocenters. The van der Waals surface area contributed by atoms with Crippen molar-refractivity contribution in [2.75, 3.05) is 18.0 Å². The summed E-state index contributed by atoms with van der Waals surface area (Å²) in [5, 5.41) is 10.1. The molecule has 1 heterocycles. The number of anilines is 1. The fourth-order valence-electron chi connectivity index (χ4n) is 2.21. The predicted octanol–water partition coefficient (Wildman–Crippen LogP) is 2.71. The van der Waals surface area contributed by atoms with Gasteiger partial charge in [0.15, 0.2) is 5.82 Å². The Morgan fingerprint density at radius 2 is 2.00 bits per heavy atom. The lowest BCUT2D eigenvalue weighted by atomic mass is 10.0. The number of aromatic hydroxyl groups is 1. The first-order valence-electron chi connectivity index (χ1n) is 6.49. The number of ether oxygens (including phenoxy) is 1. The van der Waals surface area contributed by atoms with Gasteiger partial charge in [-0.2, -0.15) is 0 Å². The first kappa shape index (κ1) is 14.5. The first-order valence-corrected chi connectivity index (χ1v) is 7.26. The topological polar surface area (TPSA) is 61.8 Å². The molecule has 2 N–H and O–H groups in total. The van der Waals surface area contributed by atoms with Crippen LogP contribution in [0.3, 0.4) is 0 Å². The average Bonchev–Trinajstić information content (AvgIpc) is 2.93. The van der Waals surface area contributed by atoms with Crippen LogP contribution >= 0.6 is 12.1 Å². The number of halogens is 1. The average molecular weight is 320 g/mol. The van der Waals surface area contributed by atoms with Gasteiger partial charge in [0.05, 0.1) is 19.2 Å². The normalized spacial score (nSPS) is 14.1. The fraction of sp³-hybridized carbons (Fsp3) is 0.133. The number of nitrogens with zero attached hydrogens (tertiary/aromatic N) is 1. The van der Waals surface area contributed by atoms with Crippen LogP contribution < -0.4 is 13.8 Å². The van der Waals surface area contributed by atoms with Gasteiger partial charge in [-0.05, 0) is 35.4 Å². The number of hydrogen-bond donors (Lipinski definition) is 2. The quantitative estimate of drug-likeness (QED) is 0.852. The van der Waals surface area contributed by atoms with Crippen molar-refractivity contribution < 1.29 is 19.0 Å². The zero-order valence-corrected chi connectivity index (χ0v) is 12.5. The first-order chi connectivity index (χ1) is 10.6. The van der Waals surface area contributed by atoms with Crippen LogP contribution in [0.5, 0.6) is 11.5 Å². The van der Waals surface area contributed by atoms with Gasteiger partial charge in [-0.15, -0.1) is 0 Å². The summed E-state index contributed by atoms with van der Waals surface area (Å²) in [4.78, 5) is 11.2. The SMILES string of the molecule is COc1ccc(-c2cc(O)c(N3CC(=O)NS3)c(F)c2)cc1. The largest absolute Gasteiger partial charge is 0.506 e.